The van der Waals surface area contributed by atoms with Crippen molar-refractivity contribution in [1.29, 1.82) is 0 Å². The molecule has 5 heteroatoms. The van der Waals surface area contributed by atoms with Crippen molar-refractivity contribution >= 4 is 35.3 Å². The van der Waals surface area contributed by atoms with Gasteiger partial charge in [0.05, 0.1) is 5.41 Å². The number of benzene rings is 1. The van der Waals surface area contributed by atoms with Gasteiger partial charge in [-0.2, -0.15) is 0 Å². The van der Waals surface area contributed by atoms with Crippen LogP contribution in [0.3, 0.4) is 0 Å². The number of carbonyl (C=O) groups excluding carboxylic acids is 1. The van der Waals surface area contributed by atoms with E-state index in [-0.39, 0.29) is 18.3 Å². The summed E-state index contributed by atoms with van der Waals surface area (Å²) in [4.78, 5) is 13.4. The molecule has 0 fully saturated rings. The maximum Gasteiger partial charge on any atom is 0.230 e. The van der Waals surface area contributed by atoms with Gasteiger partial charge in [-0.25, -0.2) is 0 Å². The van der Waals surface area contributed by atoms with Gasteiger partial charge >= 0.3 is 0 Å². The number of halogens is 1. The van der Waals surface area contributed by atoms with Crippen molar-refractivity contribution in [3.63, 3.8) is 0 Å². The highest BCUT2D eigenvalue weighted by atomic mass is 35.5. The third-order valence-electron chi connectivity index (χ3n) is 3.38. The summed E-state index contributed by atoms with van der Waals surface area (Å²) in [6.45, 7) is 4.55. The minimum absolute atomic E-state index is 0. The molecule has 0 unspecified atom stereocenters. The molecule has 1 heterocycles. The zero-order chi connectivity index (χ0) is 14.6. The van der Waals surface area contributed by atoms with Crippen molar-refractivity contribution < 1.29 is 4.79 Å². The van der Waals surface area contributed by atoms with E-state index < -0.39 is 5.41 Å². The number of rotatable bonds is 5. The topological polar surface area (TPSA) is 55.1 Å². The van der Waals surface area contributed by atoms with Gasteiger partial charge in [0.2, 0.25) is 5.91 Å². The Labute approximate surface area is 136 Å². The molecule has 0 radical (unpaired) electrons. The molecule has 114 valence electrons. The van der Waals surface area contributed by atoms with Crippen LogP contribution in [0.15, 0.2) is 41.8 Å². The fourth-order valence-corrected chi connectivity index (χ4v) is 2.82. The summed E-state index contributed by atoms with van der Waals surface area (Å²) in [5, 5.41) is 5.01. The lowest BCUT2D eigenvalue weighted by atomic mass is 9.90. The van der Waals surface area contributed by atoms with Crippen LogP contribution in [0, 0.1) is 0 Å². The Kier molecular flexibility index (Phi) is 6.24. The molecule has 21 heavy (non-hydrogen) atoms. The molecule has 0 aliphatic heterocycles. The Morgan fingerprint density at radius 2 is 1.90 bits per heavy atom. The van der Waals surface area contributed by atoms with Gasteiger partial charge in [-0.15, -0.1) is 23.7 Å². The average Bonchev–Trinajstić information content (AvgIpc) is 2.95. The SMILES string of the molecule is CC(C)(C(=O)NCCc1ccc(N)cc1)c1cccs1.Cl. The summed E-state index contributed by atoms with van der Waals surface area (Å²) in [5.74, 6) is 0.0652. The first-order chi connectivity index (χ1) is 9.50. The number of hydrogen-bond donors (Lipinski definition) is 2. The van der Waals surface area contributed by atoms with Crippen LogP contribution >= 0.6 is 23.7 Å². The number of amides is 1. The number of nitrogen functional groups attached to an aromatic ring is 1. The van der Waals surface area contributed by atoms with Crippen molar-refractivity contribution in [3.05, 3.63) is 52.2 Å². The highest BCUT2D eigenvalue weighted by Gasteiger charge is 2.30. The van der Waals surface area contributed by atoms with E-state index in [0.29, 0.717) is 6.54 Å². The van der Waals surface area contributed by atoms with E-state index in [0.717, 1.165) is 17.0 Å². The Bertz CT molecular complexity index is 564. The summed E-state index contributed by atoms with van der Waals surface area (Å²) in [5.41, 5.74) is 7.10. The number of anilines is 1. The largest absolute Gasteiger partial charge is 0.399 e. The molecule has 3 N–H and O–H groups in total. The molecule has 0 bridgehead atoms. The average molecular weight is 325 g/mol. The first-order valence-corrected chi connectivity index (χ1v) is 7.55. The van der Waals surface area contributed by atoms with Crippen LogP contribution in [-0.2, 0) is 16.6 Å². The van der Waals surface area contributed by atoms with Gasteiger partial charge in [0, 0.05) is 17.1 Å². The second-order valence-electron chi connectivity index (χ2n) is 5.35. The van der Waals surface area contributed by atoms with Gasteiger partial charge in [-0.3, -0.25) is 4.79 Å². The highest BCUT2D eigenvalue weighted by Crippen LogP contribution is 2.27. The van der Waals surface area contributed by atoms with E-state index >= 15 is 0 Å². The fourth-order valence-electron chi connectivity index (χ4n) is 1.97. The lowest BCUT2D eigenvalue weighted by molar-refractivity contribution is -0.125. The molecular weight excluding hydrogens is 304 g/mol. The van der Waals surface area contributed by atoms with Gasteiger partial charge in [0.1, 0.15) is 0 Å². The van der Waals surface area contributed by atoms with Crippen LogP contribution in [0.4, 0.5) is 5.69 Å². The predicted molar refractivity (Wildman–Crippen MR) is 92.2 cm³/mol. The van der Waals surface area contributed by atoms with Crippen LogP contribution in [-0.4, -0.2) is 12.5 Å². The standard InChI is InChI=1S/C16H20N2OS.ClH/c1-16(2,14-4-3-11-20-14)15(19)18-10-9-12-5-7-13(17)8-6-12;/h3-8,11H,9-10,17H2,1-2H3,(H,18,19);1H. The molecule has 0 aliphatic rings. The summed E-state index contributed by atoms with van der Waals surface area (Å²) >= 11 is 1.61. The Morgan fingerprint density at radius 3 is 2.48 bits per heavy atom. The fraction of sp³-hybridized carbons (Fsp3) is 0.312. The van der Waals surface area contributed by atoms with Crippen LogP contribution in [0.2, 0.25) is 0 Å². The molecule has 2 aromatic rings. The van der Waals surface area contributed by atoms with Crippen molar-refractivity contribution in [3.8, 4) is 0 Å². The van der Waals surface area contributed by atoms with E-state index in [4.69, 9.17) is 5.73 Å². The molecule has 0 saturated carbocycles. The molecule has 0 atom stereocenters. The smallest absolute Gasteiger partial charge is 0.230 e. The van der Waals surface area contributed by atoms with Crippen molar-refractivity contribution in [2.75, 3.05) is 12.3 Å². The second kappa shape index (κ2) is 7.48. The van der Waals surface area contributed by atoms with Crippen molar-refractivity contribution in [2.24, 2.45) is 0 Å². The van der Waals surface area contributed by atoms with Crippen molar-refractivity contribution in [2.45, 2.75) is 25.7 Å². The lowest BCUT2D eigenvalue weighted by Crippen LogP contribution is -2.40. The van der Waals surface area contributed by atoms with Gasteiger partial charge in [0.15, 0.2) is 0 Å². The van der Waals surface area contributed by atoms with Crippen molar-refractivity contribution in [1.82, 2.24) is 5.32 Å². The third kappa shape index (κ3) is 4.48. The van der Waals surface area contributed by atoms with Crippen LogP contribution in [0.25, 0.3) is 0 Å². The van der Waals surface area contributed by atoms with Crippen LogP contribution in [0.1, 0.15) is 24.3 Å². The van der Waals surface area contributed by atoms with E-state index in [1.54, 1.807) is 11.3 Å². The second-order valence-corrected chi connectivity index (χ2v) is 6.30. The normalized spacial score (nSPS) is 10.8. The molecular formula is C16H21ClN2OS. The Balaban J connectivity index is 0.00000220. The molecule has 1 aromatic heterocycles. The molecule has 1 aromatic carbocycles. The molecule has 0 aliphatic carbocycles. The van der Waals surface area contributed by atoms with E-state index in [2.05, 4.69) is 5.32 Å². The molecule has 3 nitrogen and oxygen atoms in total. The number of hydrogen-bond acceptors (Lipinski definition) is 3. The summed E-state index contributed by atoms with van der Waals surface area (Å²) < 4.78 is 0. The first kappa shape index (κ1) is 17.5. The first-order valence-electron chi connectivity index (χ1n) is 6.67. The number of thiophene rings is 1. The van der Waals surface area contributed by atoms with E-state index in [9.17, 15) is 4.79 Å². The van der Waals surface area contributed by atoms with Crippen LogP contribution < -0.4 is 11.1 Å². The minimum atomic E-state index is -0.477. The number of nitrogens with one attached hydrogen (secondary N) is 1. The summed E-state index contributed by atoms with van der Waals surface area (Å²) in [6.07, 6.45) is 0.812. The van der Waals surface area contributed by atoms with E-state index in [1.807, 2.05) is 55.6 Å². The zero-order valence-corrected chi connectivity index (χ0v) is 13.9. The molecule has 2 rings (SSSR count). The van der Waals surface area contributed by atoms with Gasteiger partial charge in [0.25, 0.3) is 0 Å². The number of nitrogens with two attached hydrogens (primary N) is 1. The molecule has 0 saturated heterocycles. The monoisotopic (exact) mass is 324 g/mol. The Morgan fingerprint density at radius 1 is 1.24 bits per heavy atom. The minimum Gasteiger partial charge on any atom is -0.399 e. The maximum atomic E-state index is 12.3. The number of carbonyl (C=O) groups is 1. The summed E-state index contributed by atoms with van der Waals surface area (Å²) in [6, 6.07) is 11.7. The van der Waals surface area contributed by atoms with Gasteiger partial charge < -0.3 is 11.1 Å². The molecule has 0 spiro atoms. The van der Waals surface area contributed by atoms with E-state index in [1.165, 1.54) is 5.56 Å². The molecule has 1 amide bonds. The van der Waals surface area contributed by atoms with Gasteiger partial charge in [-0.05, 0) is 49.4 Å². The highest BCUT2D eigenvalue weighted by molar-refractivity contribution is 7.10. The third-order valence-corrected chi connectivity index (χ3v) is 4.58. The Hall–Kier alpha value is -1.52. The van der Waals surface area contributed by atoms with Crippen LogP contribution in [0.5, 0.6) is 0 Å². The van der Waals surface area contributed by atoms with Gasteiger partial charge in [-0.1, -0.05) is 18.2 Å². The summed E-state index contributed by atoms with van der Waals surface area (Å²) in [7, 11) is 0. The quantitative estimate of drug-likeness (QED) is 0.828. The predicted octanol–water partition coefficient (Wildman–Crippen LogP) is 3.39. The maximum absolute atomic E-state index is 12.3. The lowest BCUT2D eigenvalue weighted by Gasteiger charge is -2.22. The zero-order valence-electron chi connectivity index (χ0n) is 12.3.